The van der Waals surface area contributed by atoms with Crippen molar-refractivity contribution >= 4 is 0 Å². The van der Waals surface area contributed by atoms with Crippen LogP contribution in [0.3, 0.4) is 0 Å². The molecular weight excluding hydrogens is 222 g/mol. The van der Waals surface area contributed by atoms with E-state index in [2.05, 4.69) is 23.8 Å². The van der Waals surface area contributed by atoms with Crippen LogP contribution in [0.1, 0.15) is 51.9 Å². The van der Waals surface area contributed by atoms with Gasteiger partial charge < -0.3 is 5.73 Å². The normalized spacial score (nSPS) is 33.0. The SMILES string of the molecule is CCCCCN(C)C1(CN)CCN2CCCCC21. The minimum atomic E-state index is 0.272. The molecule has 2 N–H and O–H groups in total. The molecule has 2 aliphatic heterocycles. The predicted molar refractivity (Wildman–Crippen MR) is 77.8 cm³/mol. The van der Waals surface area contributed by atoms with Crippen LogP contribution in [-0.2, 0) is 0 Å². The van der Waals surface area contributed by atoms with Gasteiger partial charge in [-0.15, -0.1) is 0 Å². The van der Waals surface area contributed by atoms with Crippen molar-refractivity contribution < 1.29 is 0 Å². The fourth-order valence-corrected chi connectivity index (χ4v) is 4.03. The topological polar surface area (TPSA) is 32.5 Å². The average Bonchev–Trinajstić information content (AvgIpc) is 2.79. The van der Waals surface area contributed by atoms with E-state index in [1.165, 1.54) is 64.6 Å². The Labute approximate surface area is 113 Å². The standard InChI is InChI=1S/C15H31N3/c1-3-4-6-10-17(2)15(13-16)9-12-18-11-7-5-8-14(15)18/h14H,3-13,16H2,1-2H3. The van der Waals surface area contributed by atoms with Crippen molar-refractivity contribution in [1.29, 1.82) is 0 Å². The lowest BCUT2D eigenvalue weighted by atomic mass is 9.84. The zero-order valence-corrected chi connectivity index (χ0v) is 12.3. The quantitative estimate of drug-likeness (QED) is 0.736. The van der Waals surface area contributed by atoms with E-state index in [0.717, 1.165) is 12.6 Å². The summed E-state index contributed by atoms with van der Waals surface area (Å²) in [5, 5.41) is 0. The third-order valence-electron chi connectivity index (χ3n) is 5.28. The molecule has 2 heterocycles. The molecule has 0 bridgehead atoms. The van der Waals surface area contributed by atoms with E-state index in [1.807, 2.05) is 0 Å². The summed E-state index contributed by atoms with van der Waals surface area (Å²) < 4.78 is 0. The van der Waals surface area contributed by atoms with Gasteiger partial charge >= 0.3 is 0 Å². The first kappa shape index (κ1) is 14.3. The van der Waals surface area contributed by atoms with Gasteiger partial charge in [0, 0.05) is 24.7 Å². The van der Waals surface area contributed by atoms with Crippen LogP contribution in [0.25, 0.3) is 0 Å². The second kappa shape index (κ2) is 6.36. The van der Waals surface area contributed by atoms with Crippen LogP contribution in [0.2, 0.25) is 0 Å². The van der Waals surface area contributed by atoms with Crippen molar-refractivity contribution in [3.05, 3.63) is 0 Å². The zero-order valence-electron chi connectivity index (χ0n) is 12.3. The Morgan fingerprint density at radius 2 is 2.11 bits per heavy atom. The molecule has 3 nitrogen and oxygen atoms in total. The molecule has 2 fully saturated rings. The summed E-state index contributed by atoms with van der Waals surface area (Å²) in [6.45, 7) is 6.89. The fraction of sp³-hybridized carbons (Fsp3) is 1.00. The number of fused-ring (bicyclic) bond motifs is 1. The van der Waals surface area contributed by atoms with Gasteiger partial charge in [0.2, 0.25) is 0 Å². The summed E-state index contributed by atoms with van der Waals surface area (Å²) >= 11 is 0. The molecule has 3 heteroatoms. The summed E-state index contributed by atoms with van der Waals surface area (Å²) in [6.07, 6.45) is 9.38. The first-order chi connectivity index (χ1) is 8.74. The molecule has 0 spiro atoms. The summed E-state index contributed by atoms with van der Waals surface area (Å²) in [5.41, 5.74) is 6.48. The van der Waals surface area contributed by atoms with Gasteiger partial charge in [-0.05, 0) is 45.8 Å². The predicted octanol–water partition coefficient (Wildman–Crippen LogP) is 2.06. The van der Waals surface area contributed by atoms with Gasteiger partial charge in [-0.3, -0.25) is 9.80 Å². The number of likely N-dealkylation sites (N-methyl/N-ethyl adjacent to an activating group) is 1. The lowest BCUT2D eigenvalue weighted by Gasteiger charge is -2.46. The van der Waals surface area contributed by atoms with E-state index in [1.54, 1.807) is 0 Å². The molecule has 0 saturated carbocycles. The van der Waals surface area contributed by atoms with E-state index in [9.17, 15) is 0 Å². The first-order valence-corrected chi connectivity index (χ1v) is 7.90. The van der Waals surface area contributed by atoms with E-state index in [4.69, 9.17) is 5.73 Å². The Morgan fingerprint density at radius 3 is 2.83 bits per heavy atom. The van der Waals surface area contributed by atoms with Crippen LogP contribution in [-0.4, -0.2) is 54.6 Å². The van der Waals surface area contributed by atoms with Gasteiger partial charge in [0.15, 0.2) is 0 Å². The maximum atomic E-state index is 6.21. The van der Waals surface area contributed by atoms with Gasteiger partial charge in [0.25, 0.3) is 0 Å². The summed E-state index contributed by atoms with van der Waals surface area (Å²) in [5.74, 6) is 0. The van der Waals surface area contributed by atoms with Crippen LogP contribution in [0.4, 0.5) is 0 Å². The Bertz CT molecular complexity index is 256. The van der Waals surface area contributed by atoms with E-state index in [0.29, 0.717) is 0 Å². The molecule has 0 aromatic carbocycles. The Balaban J connectivity index is 2.00. The molecule has 106 valence electrons. The highest BCUT2D eigenvalue weighted by atomic mass is 15.3. The van der Waals surface area contributed by atoms with Gasteiger partial charge in [-0.25, -0.2) is 0 Å². The molecule has 2 aliphatic rings. The fourth-order valence-electron chi connectivity index (χ4n) is 4.03. The maximum absolute atomic E-state index is 6.21. The highest BCUT2D eigenvalue weighted by Gasteiger charge is 2.49. The van der Waals surface area contributed by atoms with Crippen molar-refractivity contribution in [2.45, 2.75) is 63.5 Å². The highest BCUT2D eigenvalue weighted by Crippen LogP contribution is 2.38. The van der Waals surface area contributed by atoms with Crippen molar-refractivity contribution in [1.82, 2.24) is 9.80 Å². The summed E-state index contributed by atoms with van der Waals surface area (Å²) in [4.78, 5) is 5.30. The largest absolute Gasteiger partial charge is 0.329 e. The second-order valence-corrected chi connectivity index (χ2v) is 6.23. The highest BCUT2D eigenvalue weighted by molar-refractivity contribution is 5.08. The van der Waals surface area contributed by atoms with Crippen molar-refractivity contribution in [3.8, 4) is 0 Å². The molecule has 0 radical (unpaired) electrons. The number of nitrogens with two attached hydrogens (primary N) is 1. The number of nitrogens with zero attached hydrogens (tertiary/aromatic N) is 2. The Kier molecular flexibility index (Phi) is 5.05. The molecule has 0 amide bonds. The molecule has 0 aliphatic carbocycles. The van der Waals surface area contributed by atoms with Gasteiger partial charge in [-0.1, -0.05) is 26.2 Å². The van der Waals surface area contributed by atoms with Crippen molar-refractivity contribution in [2.24, 2.45) is 5.73 Å². The van der Waals surface area contributed by atoms with Crippen molar-refractivity contribution in [2.75, 3.05) is 33.2 Å². The van der Waals surface area contributed by atoms with E-state index < -0.39 is 0 Å². The molecule has 2 rings (SSSR count). The molecule has 2 unspecified atom stereocenters. The van der Waals surface area contributed by atoms with Crippen LogP contribution in [0, 0.1) is 0 Å². The molecule has 0 aromatic rings. The number of hydrogen-bond acceptors (Lipinski definition) is 3. The zero-order chi connectivity index (χ0) is 13.0. The van der Waals surface area contributed by atoms with Crippen LogP contribution >= 0.6 is 0 Å². The van der Waals surface area contributed by atoms with E-state index >= 15 is 0 Å². The van der Waals surface area contributed by atoms with Crippen LogP contribution in [0.5, 0.6) is 0 Å². The number of hydrogen-bond donors (Lipinski definition) is 1. The minimum Gasteiger partial charge on any atom is -0.329 e. The Hall–Kier alpha value is -0.120. The molecule has 2 saturated heterocycles. The van der Waals surface area contributed by atoms with E-state index in [-0.39, 0.29) is 5.54 Å². The molecule has 18 heavy (non-hydrogen) atoms. The maximum Gasteiger partial charge on any atom is 0.0496 e. The lowest BCUT2D eigenvalue weighted by Crippen LogP contribution is -2.60. The average molecular weight is 253 g/mol. The van der Waals surface area contributed by atoms with Crippen molar-refractivity contribution in [3.63, 3.8) is 0 Å². The van der Waals surface area contributed by atoms with Gasteiger partial charge in [-0.2, -0.15) is 0 Å². The molecule has 2 atom stereocenters. The molecular formula is C15H31N3. The number of rotatable bonds is 6. The smallest absolute Gasteiger partial charge is 0.0496 e. The van der Waals surface area contributed by atoms with Gasteiger partial charge in [0.1, 0.15) is 0 Å². The first-order valence-electron chi connectivity index (χ1n) is 7.90. The lowest BCUT2D eigenvalue weighted by molar-refractivity contribution is 0.0552. The Morgan fingerprint density at radius 1 is 1.28 bits per heavy atom. The monoisotopic (exact) mass is 253 g/mol. The summed E-state index contributed by atoms with van der Waals surface area (Å²) in [6, 6.07) is 0.725. The molecule has 0 aromatic heterocycles. The number of piperidine rings is 1. The van der Waals surface area contributed by atoms with Gasteiger partial charge in [0.05, 0.1) is 0 Å². The summed E-state index contributed by atoms with van der Waals surface area (Å²) in [7, 11) is 2.31. The third-order valence-corrected chi connectivity index (χ3v) is 5.28. The van der Waals surface area contributed by atoms with Crippen LogP contribution in [0.15, 0.2) is 0 Å². The third kappa shape index (κ3) is 2.59. The second-order valence-electron chi connectivity index (χ2n) is 6.23. The number of unbranched alkanes of at least 4 members (excludes halogenated alkanes) is 2. The minimum absolute atomic E-state index is 0.272. The van der Waals surface area contributed by atoms with Crippen LogP contribution < -0.4 is 5.73 Å².